The number of piperidine rings is 1. The first kappa shape index (κ1) is 25.0. The number of fused-ring (bicyclic) bond motifs is 1. The summed E-state index contributed by atoms with van der Waals surface area (Å²) in [6, 6.07) is 21.6. The topological polar surface area (TPSA) is 54.4 Å². The Morgan fingerprint density at radius 2 is 1.78 bits per heavy atom. The van der Waals surface area contributed by atoms with Crippen LogP contribution in [0.5, 0.6) is 5.88 Å². The van der Waals surface area contributed by atoms with Gasteiger partial charge in [-0.3, -0.25) is 0 Å². The van der Waals surface area contributed by atoms with E-state index in [1.54, 1.807) is 25.3 Å². The van der Waals surface area contributed by atoms with Crippen molar-refractivity contribution in [3.8, 4) is 5.88 Å². The number of ether oxygens (including phenoxy) is 1. The van der Waals surface area contributed by atoms with Crippen LogP contribution in [0.2, 0.25) is 10.0 Å². The second-order valence-electron chi connectivity index (χ2n) is 9.45. The van der Waals surface area contributed by atoms with E-state index in [2.05, 4.69) is 5.32 Å². The van der Waals surface area contributed by atoms with Crippen molar-refractivity contribution in [1.29, 1.82) is 0 Å². The van der Waals surface area contributed by atoms with Gasteiger partial charge in [0.2, 0.25) is 5.88 Å². The summed E-state index contributed by atoms with van der Waals surface area (Å²) in [5, 5.41) is 17.9. The van der Waals surface area contributed by atoms with E-state index in [4.69, 9.17) is 32.9 Å². The Morgan fingerprint density at radius 3 is 2.50 bits per heavy atom. The summed E-state index contributed by atoms with van der Waals surface area (Å²) >= 11 is 12.5. The highest BCUT2D eigenvalue weighted by Gasteiger charge is 2.44. The average Bonchev–Trinajstić information content (AvgIpc) is 2.86. The molecule has 1 aromatic heterocycles. The number of hydrogen-bond donors (Lipinski definition) is 2. The molecular weight excluding hydrogens is 498 g/mol. The zero-order valence-electron chi connectivity index (χ0n) is 19.8. The summed E-state index contributed by atoms with van der Waals surface area (Å²) in [5.74, 6) is -0.212. The van der Waals surface area contributed by atoms with E-state index in [9.17, 15) is 9.50 Å². The minimum Gasteiger partial charge on any atom is -0.481 e. The van der Waals surface area contributed by atoms with Crippen molar-refractivity contribution < 1.29 is 14.2 Å². The molecule has 0 bridgehead atoms. The maximum Gasteiger partial charge on any atom is 0.217 e. The van der Waals surface area contributed by atoms with Crippen molar-refractivity contribution in [3.05, 3.63) is 105 Å². The maximum absolute atomic E-state index is 13.4. The molecule has 3 aromatic carbocycles. The summed E-state index contributed by atoms with van der Waals surface area (Å²) in [6.07, 6.45) is 1.71. The second-order valence-corrected chi connectivity index (χ2v) is 10.3. The van der Waals surface area contributed by atoms with Gasteiger partial charge in [0, 0.05) is 33.0 Å². The number of halogens is 3. The zero-order chi connectivity index (χ0) is 25.3. The molecule has 3 atom stereocenters. The van der Waals surface area contributed by atoms with E-state index in [0.29, 0.717) is 41.7 Å². The fourth-order valence-electron chi connectivity index (χ4n) is 5.36. The minimum absolute atomic E-state index is 0.0119. The first-order valence-electron chi connectivity index (χ1n) is 11.9. The van der Waals surface area contributed by atoms with Gasteiger partial charge in [-0.2, -0.15) is 0 Å². The SMILES string of the molecule is COc1nc2ccc(Cl)cc2cc1C(c1ccc(Cl)cc1)C1(O)CCNC(Cc2ccc(F)cc2)C1. The van der Waals surface area contributed by atoms with Gasteiger partial charge in [0.25, 0.3) is 0 Å². The molecule has 1 saturated heterocycles. The smallest absolute Gasteiger partial charge is 0.217 e. The van der Waals surface area contributed by atoms with Crippen molar-refractivity contribution in [1.82, 2.24) is 10.3 Å². The van der Waals surface area contributed by atoms with Crippen LogP contribution in [0, 0.1) is 5.82 Å². The number of benzene rings is 3. The van der Waals surface area contributed by atoms with Gasteiger partial charge in [0.1, 0.15) is 5.82 Å². The van der Waals surface area contributed by atoms with Crippen LogP contribution in [0.4, 0.5) is 4.39 Å². The average molecular weight is 525 g/mol. The Hall–Kier alpha value is -2.70. The van der Waals surface area contributed by atoms with Gasteiger partial charge in [0.05, 0.1) is 18.2 Å². The van der Waals surface area contributed by atoms with Crippen LogP contribution in [0.1, 0.15) is 35.4 Å². The standard InChI is InChI=1S/C29H27Cl2FN2O2/c1-36-28-25(16-20-15-22(31)8-11-26(20)34-28)27(19-4-6-21(30)7-5-19)29(35)12-13-33-24(17-29)14-18-2-9-23(32)10-3-18/h2-11,15-16,24,27,33,35H,12-14,17H2,1H3. The second kappa shape index (κ2) is 10.3. The normalized spacial score (nSPS) is 20.9. The summed E-state index contributed by atoms with van der Waals surface area (Å²) in [7, 11) is 1.59. The Bertz CT molecular complexity index is 1360. The number of rotatable bonds is 6. The monoisotopic (exact) mass is 524 g/mol. The summed E-state index contributed by atoms with van der Waals surface area (Å²) in [6.45, 7) is 0.640. The lowest BCUT2D eigenvalue weighted by Gasteiger charge is -2.43. The lowest BCUT2D eigenvalue weighted by molar-refractivity contribution is -0.0191. The number of methoxy groups -OCH3 is 1. The van der Waals surface area contributed by atoms with Gasteiger partial charge < -0.3 is 15.2 Å². The third-order valence-corrected chi connectivity index (χ3v) is 7.49. The van der Waals surface area contributed by atoms with Crippen LogP contribution in [0.15, 0.2) is 72.8 Å². The van der Waals surface area contributed by atoms with E-state index >= 15 is 0 Å². The predicted molar refractivity (Wildman–Crippen MR) is 143 cm³/mol. The van der Waals surface area contributed by atoms with E-state index in [-0.39, 0.29) is 11.9 Å². The van der Waals surface area contributed by atoms with Crippen molar-refractivity contribution in [2.75, 3.05) is 13.7 Å². The molecule has 1 aliphatic rings. The lowest BCUT2D eigenvalue weighted by atomic mass is 9.70. The van der Waals surface area contributed by atoms with E-state index in [0.717, 1.165) is 27.6 Å². The molecule has 2 heterocycles. The number of pyridine rings is 1. The highest BCUT2D eigenvalue weighted by Crippen LogP contribution is 2.45. The quantitative estimate of drug-likeness (QED) is 0.300. The van der Waals surface area contributed by atoms with Crippen LogP contribution >= 0.6 is 23.2 Å². The number of aliphatic hydroxyl groups is 1. The lowest BCUT2D eigenvalue weighted by Crippen LogP contribution is -2.52. The van der Waals surface area contributed by atoms with Gasteiger partial charge in [-0.05, 0) is 85.5 Å². The predicted octanol–water partition coefficient (Wildman–Crippen LogP) is 6.55. The molecule has 7 heteroatoms. The molecule has 3 unspecified atom stereocenters. The molecule has 0 aliphatic carbocycles. The van der Waals surface area contributed by atoms with Crippen molar-refractivity contribution >= 4 is 34.1 Å². The third-order valence-electron chi connectivity index (χ3n) is 7.00. The fourth-order valence-corrected chi connectivity index (χ4v) is 5.66. The maximum atomic E-state index is 13.4. The molecule has 4 aromatic rings. The Morgan fingerprint density at radius 1 is 1.06 bits per heavy atom. The number of nitrogens with zero attached hydrogens (tertiary/aromatic N) is 1. The highest BCUT2D eigenvalue weighted by molar-refractivity contribution is 6.31. The Balaban J connectivity index is 1.58. The molecule has 2 N–H and O–H groups in total. The molecule has 0 radical (unpaired) electrons. The summed E-state index contributed by atoms with van der Waals surface area (Å²) in [4.78, 5) is 4.75. The molecule has 5 rings (SSSR count). The third kappa shape index (κ3) is 5.21. The Labute approximate surface area is 220 Å². The first-order chi connectivity index (χ1) is 17.3. The fraction of sp³-hybridized carbons (Fsp3) is 0.276. The van der Waals surface area contributed by atoms with Gasteiger partial charge in [-0.25, -0.2) is 9.37 Å². The van der Waals surface area contributed by atoms with Gasteiger partial charge in [-0.1, -0.05) is 47.5 Å². The molecule has 186 valence electrons. The van der Waals surface area contributed by atoms with Crippen molar-refractivity contribution in [2.45, 2.75) is 36.8 Å². The molecule has 1 fully saturated rings. The summed E-state index contributed by atoms with van der Waals surface area (Å²) in [5.41, 5.74) is 2.40. The summed E-state index contributed by atoms with van der Waals surface area (Å²) < 4.78 is 19.2. The number of hydrogen-bond acceptors (Lipinski definition) is 4. The van der Waals surface area contributed by atoms with Crippen LogP contribution in [0.25, 0.3) is 10.9 Å². The number of nitrogens with one attached hydrogen (secondary N) is 1. The van der Waals surface area contributed by atoms with Crippen LogP contribution in [0.3, 0.4) is 0 Å². The first-order valence-corrected chi connectivity index (χ1v) is 12.7. The highest BCUT2D eigenvalue weighted by atomic mass is 35.5. The number of aromatic nitrogens is 1. The van der Waals surface area contributed by atoms with Gasteiger partial charge in [-0.15, -0.1) is 0 Å². The van der Waals surface area contributed by atoms with Gasteiger partial charge >= 0.3 is 0 Å². The van der Waals surface area contributed by atoms with Crippen molar-refractivity contribution in [3.63, 3.8) is 0 Å². The zero-order valence-corrected chi connectivity index (χ0v) is 21.4. The van der Waals surface area contributed by atoms with Crippen molar-refractivity contribution in [2.24, 2.45) is 0 Å². The van der Waals surface area contributed by atoms with Gasteiger partial charge in [0.15, 0.2) is 0 Å². The molecular formula is C29H27Cl2FN2O2. The molecule has 0 amide bonds. The van der Waals surface area contributed by atoms with Crippen LogP contribution in [-0.4, -0.2) is 35.4 Å². The van der Waals surface area contributed by atoms with E-state index in [1.807, 2.05) is 42.5 Å². The molecule has 4 nitrogen and oxygen atoms in total. The van der Waals surface area contributed by atoms with Crippen LogP contribution in [-0.2, 0) is 6.42 Å². The minimum atomic E-state index is -1.09. The molecule has 0 spiro atoms. The van der Waals surface area contributed by atoms with Crippen LogP contribution < -0.4 is 10.1 Å². The van der Waals surface area contributed by atoms with E-state index < -0.39 is 11.5 Å². The molecule has 36 heavy (non-hydrogen) atoms. The van der Waals surface area contributed by atoms with E-state index in [1.165, 1.54) is 12.1 Å². The Kier molecular flexibility index (Phi) is 7.18. The molecule has 1 aliphatic heterocycles. The molecule has 0 saturated carbocycles. The largest absolute Gasteiger partial charge is 0.481 e.